The smallest absolute Gasteiger partial charge is 0.444 e. The third kappa shape index (κ3) is 7.43. The fraction of sp³-hybridized carbons (Fsp3) is 0.387. The molecule has 3 aromatic carbocycles. The average molecular weight is 604 g/mol. The Morgan fingerprint density at radius 1 is 0.881 bits per heavy atom. The maximum Gasteiger partial charge on any atom is 0.573 e. The molecule has 1 aromatic heterocycles. The van der Waals surface area contributed by atoms with Crippen LogP contribution < -0.4 is 9.46 Å². The molecule has 42 heavy (non-hydrogen) atoms. The molecule has 7 nitrogen and oxygen atoms in total. The number of fused-ring (bicyclic) bond motifs is 3. The average Bonchev–Trinajstić information content (AvgIpc) is 3.27. The van der Waals surface area contributed by atoms with Gasteiger partial charge in [-0.2, -0.15) is 0 Å². The minimum Gasteiger partial charge on any atom is -0.444 e. The van der Waals surface area contributed by atoms with E-state index < -0.39 is 40.8 Å². The molecule has 0 bridgehead atoms. The largest absolute Gasteiger partial charge is 0.573 e. The van der Waals surface area contributed by atoms with Crippen LogP contribution in [0.2, 0.25) is 0 Å². The Morgan fingerprint density at radius 2 is 1.43 bits per heavy atom. The Hall–Kier alpha value is -3.57. The molecule has 226 valence electrons. The van der Waals surface area contributed by atoms with E-state index in [1.165, 1.54) is 12.1 Å². The van der Waals surface area contributed by atoms with Crippen LogP contribution in [0.5, 0.6) is 5.75 Å². The lowest BCUT2D eigenvalue weighted by Crippen LogP contribution is -2.52. The van der Waals surface area contributed by atoms with E-state index >= 15 is 0 Å². The predicted octanol–water partition coefficient (Wildman–Crippen LogP) is 7.58. The second-order valence-corrected chi connectivity index (χ2v) is 12.0. The first-order chi connectivity index (χ1) is 19.9. The van der Waals surface area contributed by atoms with Gasteiger partial charge in [0.15, 0.2) is 0 Å². The van der Waals surface area contributed by atoms with Gasteiger partial charge in [0, 0.05) is 40.9 Å². The van der Waals surface area contributed by atoms with Crippen LogP contribution in [0, 0.1) is 0 Å². The number of nitrogens with zero attached hydrogens (tertiary/aromatic N) is 2. The summed E-state index contributed by atoms with van der Waals surface area (Å²) < 4.78 is 65.7. The van der Waals surface area contributed by atoms with E-state index in [2.05, 4.69) is 26.2 Å². The van der Waals surface area contributed by atoms with Gasteiger partial charge < -0.3 is 18.9 Å². The monoisotopic (exact) mass is 603 g/mol. The Labute approximate surface area is 246 Å². The van der Waals surface area contributed by atoms with E-state index in [1.807, 2.05) is 50.2 Å². The number of halogens is 3. The van der Waals surface area contributed by atoms with Gasteiger partial charge in [0.25, 0.3) is 0 Å². The first-order valence-corrected chi connectivity index (χ1v) is 15.0. The van der Waals surface area contributed by atoms with E-state index in [1.54, 1.807) is 25.7 Å². The lowest BCUT2D eigenvalue weighted by Gasteiger charge is -2.39. The minimum absolute atomic E-state index is 0.164. The number of nitrogens with one attached hydrogen (secondary N) is 1. The van der Waals surface area contributed by atoms with Gasteiger partial charge in [-0.15, -0.1) is 13.2 Å². The SMILES string of the molecule is CC.CC(C)(C)OC(=O)N1CC(NS(=O)c2ccc(OC(F)(F)F)cc2)CC(n2c3ccccc3c3ccccc32)C1. The van der Waals surface area contributed by atoms with Crippen LogP contribution in [0.3, 0.4) is 0 Å². The first kappa shape index (κ1) is 31.4. The summed E-state index contributed by atoms with van der Waals surface area (Å²) >= 11 is 0. The van der Waals surface area contributed by atoms with Crippen molar-refractivity contribution >= 4 is 38.9 Å². The zero-order valence-corrected chi connectivity index (χ0v) is 25.1. The summed E-state index contributed by atoms with van der Waals surface area (Å²) in [7, 11) is -1.75. The van der Waals surface area contributed by atoms with Gasteiger partial charge in [0.05, 0.1) is 10.9 Å². The third-order valence-corrected chi connectivity index (χ3v) is 7.86. The number of ether oxygens (including phenoxy) is 2. The fourth-order valence-electron chi connectivity index (χ4n) is 5.15. The topological polar surface area (TPSA) is 72.8 Å². The Balaban J connectivity index is 0.00000198. The zero-order valence-electron chi connectivity index (χ0n) is 24.3. The van der Waals surface area contributed by atoms with Crippen LogP contribution in [-0.2, 0) is 15.7 Å². The third-order valence-electron chi connectivity index (χ3n) is 6.61. The van der Waals surface area contributed by atoms with Crippen LogP contribution >= 0.6 is 0 Å². The molecule has 5 rings (SSSR count). The summed E-state index contributed by atoms with van der Waals surface area (Å²) in [5, 5.41) is 2.20. The van der Waals surface area contributed by atoms with Crippen LogP contribution in [0.4, 0.5) is 18.0 Å². The molecule has 1 fully saturated rings. The number of hydrogen-bond donors (Lipinski definition) is 1. The summed E-state index contributed by atoms with van der Waals surface area (Å²) in [6.45, 7) is 10.1. The lowest BCUT2D eigenvalue weighted by atomic mass is 10.0. The van der Waals surface area contributed by atoms with Crippen molar-refractivity contribution in [2.24, 2.45) is 0 Å². The highest BCUT2D eigenvalue weighted by Crippen LogP contribution is 2.35. The van der Waals surface area contributed by atoms with Crippen molar-refractivity contribution < 1.29 is 31.6 Å². The van der Waals surface area contributed by atoms with Gasteiger partial charge in [-0.05, 0) is 63.6 Å². The summed E-state index contributed by atoms with van der Waals surface area (Å²) in [6, 6.07) is 20.5. The number of aromatic nitrogens is 1. The summed E-state index contributed by atoms with van der Waals surface area (Å²) in [6.07, 6.45) is -4.72. The molecule has 1 amide bonds. The van der Waals surface area contributed by atoms with Crippen molar-refractivity contribution in [3.63, 3.8) is 0 Å². The molecule has 3 unspecified atom stereocenters. The zero-order chi connectivity index (χ0) is 30.7. The molecule has 1 N–H and O–H groups in total. The highest BCUT2D eigenvalue weighted by molar-refractivity contribution is 7.83. The van der Waals surface area contributed by atoms with Crippen LogP contribution in [-0.4, -0.2) is 50.9 Å². The molecule has 0 spiro atoms. The van der Waals surface area contributed by atoms with Gasteiger partial charge >= 0.3 is 12.5 Å². The molecule has 1 saturated heterocycles. The highest BCUT2D eigenvalue weighted by atomic mass is 32.2. The minimum atomic E-state index is -4.81. The molecular formula is C31H36F3N3O4S. The number of alkyl halides is 3. The van der Waals surface area contributed by atoms with E-state index in [0.717, 1.165) is 33.9 Å². The number of para-hydroxylation sites is 2. The number of amides is 1. The van der Waals surface area contributed by atoms with Gasteiger partial charge in [0.2, 0.25) is 0 Å². The van der Waals surface area contributed by atoms with Crippen molar-refractivity contribution in [2.45, 2.75) is 70.0 Å². The second-order valence-electron chi connectivity index (χ2n) is 10.8. The number of carbonyl (C=O) groups is 1. The maximum absolute atomic E-state index is 13.2. The predicted molar refractivity (Wildman–Crippen MR) is 159 cm³/mol. The van der Waals surface area contributed by atoms with E-state index in [-0.39, 0.29) is 17.5 Å². The Morgan fingerprint density at radius 3 is 1.95 bits per heavy atom. The van der Waals surface area contributed by atoms with Crippen LogP contribution in [0.25, 0.3) is 21.8 Å². The van der Waals surface area contributed by atoms with Crippen molar-refractivity contribution in [3.8, 4) is 5.75 Å². The van der Waals surface area contributed by atoms with Crippen LogP contribution in [0.1, 0.15) is 47.1 Å². The molecule has 2 heterocycles. The second kappa shape index (κ2) is 12.7. The van der Waals surface area contributed by atoms with Crippen LogP contribution in [0.15, 0.2) is 77.7 Å². The molecule has 0 aliphatic carbocycles. The number of carbonyl (C=O) groups excluding carboxylic acids is 1. The Bertz CT molecular complexity index is 1490. The van der Waals surface area contributed by atoms with E-state index in [0.29, 0.717) is 13.0 Å². The molecule has 3 atom stereocenters. The molecule has 11 heteroatoms. The van der Waals surface area contributed by atoms with Gasteiger partial charge in [-0.3, -0.25) is 0 Å². The maximum atomic E-state index is 13.2. The van der Waals surface area contributed by atoms with E-state index in [4.69, 9.17) is 4.74 Å². The van der Waals surface area contributed by atoms with Crippen molar-refractivity contribution in [2.75, 3.05) is 13.1 Å². The Kier molecular flexibility index (Phi) is 9.52. The number of likely N-dealkylation sites (tertiary alicyclic amines) is 1. The van der Waals surface area contributed by atoms with Crippen molar-refractivity contribution in [1.82, 2.24) is 14.2 Å². The van der Waals surface area contributed by atoms with E-state index in [9.17, 15) is 22.2 Å². The molecule has 0 saturated carbocycles. The highest BCUT2D eigenvalue weighted by Gasteiger charge is 2.35. The number of hydrogen-bond acceptors (Lipinski definition) is 4. The fourth-order valence-corrected chi connectivity index (χ4v) is 6.14. The standard InChI is InChI=1S/C29H30F3N3O4S.C2H6/c1-28(2,3)39-27(36)34-17-19(33-40(37)22-14-12-21(13-15-22)38-29(30,31)32)16-20(18-34)35-25-10-6-4-8-23(25)24-9-5-7-11-26(24)35;1-2/h4-15,19-20,33H,16-18H2,1-3H3;1-2H3. The lowest BCUT2D eigenvalue weighted by molar-refractivity contribution is -0.274. The van der Waals surface area contributed by atoms with Crippen molar-refractivity contribution in [1.29, 1.82) is 0 Å². The van der Waals surface area contributed by atoms with Gasteiger partial charge in [-0.25, -0.2) is 13.7 Å². The van der Waals surface area contributed by atoms with Gasteiger partial charge in [0.1, 0.15) is 22.3 Å². The summed E-state index contributed by atoms with van der Waals surface area (Å²) in [5.41, 5.74) is 1.36. The molecule has 1 aliphatic rings. The summed E-state index contributed by atoms with van der Waals surface area (Å²) in [5.74, 6) is -0.395. The van der Waals surface area contributed by atoms with Gasteiger partial charge in [-0.1, -0.05) is 50.2 Å². The quantitative estimate of drug-likeness (QED) is 0.255. The van der Waals surface area contributed by atoms with Crippen molar-refractivity contribution in [3.05, 3.63) is 72.8 Å². The number of rotatable bonds is 5. The molecule has 4 aromatic rings. The first-order valence-electron chi connectivity index (χ1n) is 13.9. The molecular weight excluding hydrogens is 567 g/mol. The molecule has 0 radical (unpaired) electrons. The molecule has 1 aliphatic heterocycles. The number of piperidine rings is 1. The summed E-state index contributed by atoms with van der Waals surface area (Å²) in [4.78, 5) is 15.1. The normalized spacial score (nSPS) is 18.3. The number of benzene rings is 3.